The third kappa shape index (κ3) is 6.39. The van der Waals surface area contributed by atoms with E-state index in [1.165, 1.54) is 0 Å². The molecule has 0 bridgehead atoms. The molecular weight excluding hydrogens is 443 g/mol. The van der Waals surface area contributed by atoms with E-state index in [0.29, 0.717) is 6.16 Å². The zero-order valence-corrected chi connectivity index (χ0v) is 23.1. The van der Waals surface area contributed by atoms with Crippen molar-refractivity contribution in [3.05, 3.63) is 52.6 Å². The Bertz CT molecular complexity index is 971. The topological polar surface area (TPSA) is 67.4 Å². The molecule has 0 fully saturated rings. The fourth-order valence-corrected chi connectivity index (χ4v) is 8.86. The largest absolute Gasteiger partial charge is 0.497 e. The third-order valence-corrected chi connectivity index (χ3v) is 12.2. The van der Waals surface area contributed by atoms with Gasteiger partial charge in [0.1, 0.15) is 17.6 Å². The maximum atomic E-state index is 13.7. The van der Waals surface area contributed by atoms with E-state index in [4.69, 9.17) is 4.74 Å². The summed E-state index contributed by atoms with van der Waals surface area (Å²) in [6, 6.07) is 9.91. The molecule has 1 atom stereocenters. The SMILES string of the molecule is CCCC(C(=O)Nc1c(C)cc(OC)cc1C)[P+](CC)(CC)CC(=O)Nc1c(C)cccc1C. The van der Waals surface area contributed by atoms with Gasteiger partial charge in [-0.25, -0.2) is 0 Å². The lowest BCUT2D eigenvalue weighted by molar-refractivity contribution is -0.116. The summed E-state index contributed by atoms with van der Waals surface area (Å²) in [5, 5.41) is 6.39. The Hall–Kier alpha value is -2.39. The van der Waals surface area contributed by atoms with Crippen molar-refractivity contribution in [1.29, 1.82) is 0 Å². The number of benzene rings is 2. The number of carbonyl (C=O) groups is 2. The second-order valence-corrected chi connectivity index (χ2v) is 13.9. The van der Waals surface area contributed by atoms with Gasteiger partial charge in [0.25, 0.3) is 11.8 Å². The zero-order valence-electron chi connectivity index (χ0n) is 22.2. The number of rotatable bonds is 11. The minimum atomic E-state index is -1.90. The predicted octanol–water partition coefficient (Wildman–Crippen LogP) is 6.73. The Kier molecular flexibility index (Phi) is 10.1. The number of hydrogen-bond donors (Lipinski definition) is 2. The molecule has 0 heterocycles. The molecule has 34 heavy (non-hydrogen) atoms. The van der Waals surface area contributed by atoms with Crippen LogP contribution in [0.5, 0.6) is 5.75 Å². The molecule has 0 aliphatic rings. The quantitative estimate of drug-likeness (QED) is 0.347. The number of carbonyl (C=O) groups excluding carboxylic acids is 2. The lowest BCUT2D eigenvalue weighted by Gasteiger charge is -2.32. The van der Waals surface area contributed by atoms with Crippen LogP contribution < -0.4 is 15.4 Å². The average molecular weight is 486 g/mol. The highest BCUT2D eigenvalue weighted by Crippen LogP contribution is 2.63. The Labute approximate surface area is 206 Å². The molecule has 2 N–H and O–H groups in total. The lowest BCUT2D eigenvalue weighted by atomic mass is 10.1. The van der Waals surface area contributed by atoms with Crippen molar-refractivity contribution in [2.75, 3.05) is 36.2 Å². The van der Waals surface area contributed by atoms with Crippen LogP contribution in [0.15, 0.2) is 30.3 Å². The van der Waals surface area contributed by atoms with Gasteiger partial charge in [0.05, 0.1) is 19.4 Å². The van der Waals surface area contributed by atoms with Gasteiger partial charge in [0.15, 0.2) is 0 Å². The van der Waals surface area contributed by atoms with E-state index in [2.05, 4.69) is 31.4 Å². The van der Waals surface area contributed by atoms with Crippen molar-refractivity contribution in [1.82, 2.24) is 0 Å². The van der Waals surface area contributed by atoms with Gasteiger partial charge in [-0.1, -0.05) is 31.5 Å². The van der Waals surface area contributed by atoms with Crippen LogP contribution in [0.1, 0.15) is 55.9 Å². The number of nitrogens with one attached hydrogen (secondary N) is 2. The van der Waals surface area contributed by atoms with Crippen molar-refractivity contribution in [3.63, 3.8) is 0 Å². The first-order valence-electron chi connectivity index (χ1n) is 12.3. The van der Waals surface area contributed by atoms with Crippen molar-refractivity contribution in [2.45, 2.75) is 67.0 Å². The normalized spacial score (nSPS) is 12.2. The average Bonchev–Trinajstić information content (AvgIpc) is 2.80. The number of methoxy groups -OCH3 is 1. The van der Waals surface area contributed by atoms with Gasteiger partial charge in [-0.15, -0.1) is 0 Å². The molecule has 1 unspecified atom stereocenters. The maximum absolute atomic E-state index is 13.7. The van der Waals surface area contributed by atoms with E-state index < -0.39 is 7.26 Å². The fourth-order valence-electron chi connectivity index (χ4n) is 4.85. The number of anilines is 2. The van der Waals surface area contributed by atoms with Gasteiger partial charge < -0.3 is 15.4 Å². The summed E-state index contributed by atoms with van der Waals surface area (Å²) in [5.41, 5.74) is 5.64. The molecule has 2 rings (SSSR count). The molecule has 2 aromatic rings. The highest BCUT2D eigenvalue weighted by atomic mass is 31.2. The molecule has 0 aromatic heterocycles. The smallest absolute Gasteiger partial charge is 0.265 e. The number of aryl methyl sites for hydroxylation is 4. The van der Waals surface area contributed by atoms with Crippen molar-refractivity contribution in [2.24, 2.45) is 0 Å². The summed E-state index contributed by atoms with van der Waals surface area (Å²) < 4.78 is 5.37. The molecule has 0 aliphatic heterocycles. The summed E-state index contributed by atoms with van der Waals surface area (Å²) in [7, 11) is -0.248. The van der Waals surface area contributed by atoms with Crippen molar-refractivity contribution >= 4 is 30.5 Å². The van der Waals surface area contributed by atoms with Crippen LogP contribution in [0.2, 0.25) is 0 Å². The van der Waals surface area contributed by atoms with Gasteiger partial charge in [-0.2, -0.15) is 0 Å². The molecule has 2 aromatic carbocycles. The molecule has 0 aliphatic carbocycles. The van der Waals surface area contributed by atoms with Crippen LogP contribution >= 0.6 is 7.26 Å². The van der Waals surface area contributed by atoms with Gasteiger partial charge in [0, 0.05) is 18.6 Å². The first-order chi connectivity index (χ1) is 16.1. The fraction of sp³-hybridized carbons (Fsp3) is 0.500. The molecule has 6 heteroatoms. The standard InChI is InChI=1S/C28H41N2O3P/c1-9-13-24(28(32)30-27-21(6)16-23(33-8)17-22(27)7)34(10-2,11-3)18-25(31)29-26-19(4)14-12-15-20(26)5/h12,14-17,24H,9-11,13,18H2,1-8H3,(H-,29,30,31,32)/p+1. The van der Waals surface area contributed by atoms with Gasteiger partial charge in [0.2, 0.25) is 0 Å². The molecule has 186 valence electrons. The van der Waals surface area contributed by atoms with E-state index in [-0.39, 0.29) is 17.5 Å². The molecule has 0 spiro atoms. The Morgan fingerprint density at radius 1 is 0.882 bits per heavy atom. The number of para-hydroxylation sites is 1. The van der Waals surface area contributed by atoms with Crippen LogP contribution in [0, 0.1) is 27.7 Å². The Balaban J connectivity index is 2.33. The van der Waals surface area contributed by atoms with E-state index in [9.17, 15) is 9.59 Å². The van der Waals surface area contributed by atoms with Gasteiger partial charge >= 0.3 is 0 Å². The summed E-state index contributed by atoms with van der Waals surface area (Å²) in [5.74, 6) is 0.834. The lowest BCUT2D eigenvalue weighted by Crippen LogP contribution is -2.36. The first kappa shape index (κ1) is 27.9. The maximum Gasteiger partial charge on any atom is 0.265 e. The van der Waals surface area contributed by atoms with Crippen molar-refractivity contribution in [3.8, 4) is 5.75 Å². The van der Waals surface area contributed by atoms with E-state index in [1.54, 1.807) is 7.11 Å². The van der Waals surface area contributed by atoms with E-state index in [0.717, 1.165) is 64.5 Å². The number of amides is 2. The Morgan fingerprint density at radius 2 is 1.41 bits per heavy atom. The zero-order chi connectivity index (χ0) is 25.5. The summed E-state index contributed by atoms with van der Waals surface area (Å²) >= 11 is 0. The molecule has 2 amide bonds. The molecular formula is C28H42N2O3P+. The van der Waals surface area contributed by atoms with Crippen LogP contribution in [-0.2, 0) is 9.59 Å². The minimum absolute atomic E-state index is 0.0140. The molecule has 0 radical (unpaired) electrons. The predicted molar refractivity (Wildman–Crippen MR) is 147 cm³/mol. The van der Waals surface area contributed by atoms with Crippen LogP contribution in [0.3, 0.4) is 0 Å². The number of ether oxygens (including phenoxy) is 1. The second-order valence-electron chi connectivity index (χ2n) is 9.25. The van der Waals surface area contributed by atoms with Gasteiger partial charge in [-0.3, -0.25) is 9.59 Å². The first-order valence-corrected chi connectivity index (χ1v) is 14.7. The molecule has 5 nitrogen and oxygen atoms in total. The minimum Gasteiger partial charge on any atom is -0.497 e. The number of hydrogen-bond acceptors (Lipinski definition) is 3. The van der Waals surface area contributed by atoms with Crippen LogP contribution in [0.4, 0.5) is 11.4 Å². The summed E-state index contributed by atoms with van der Waals surface area (Å²) in [4.78, 5) is 27.0. The summed E-state index contributed by atoms with van der Waals surface area (Å²) in [6.07, 6.45) is 3.84. The van der Waals surface area contributed by atoms with Crippen LogP contribution in [-0.4, -0.2) is 43.1 Å². The van der Waals surface area contributed by atoms with Gasteiger partial charge in [-0.05, 0) is 82.3 Å². The highest BCUT2D eigenvalue weighted by molar-refractivity contribution is 7.78. The summed E-state index contributed by atoms with van der Waals surface area (Å²) in [6.45, 7) is 14.4. The Morgan fingerprint density at radius 3 is 1.88 bits per heavy atom. The second kappa shape index (κ2) is 12.4. The highest BCUT2D eigenvalue weighted by Gasteiger charge is 2.48. The van der Waals surface area contributed by atoms with E-state index in [1.807, 2.05) is 58.0 Å². The van der Waals surface area contributed by atoms with Crippen LogP contribution in [0.25, 0.3) is 0 Å². The molecule has 0 saturated carbocycles. The molecule has 0 saturated heterocycles. The van der Waals surface area contributed by atoms with Crippen molar-refractivity contribution < 1.29 is 14.3 Å². The third-order valence-electron chi connectivity index (χ3n) is 6.98. The monoisotopic (exact) mass is 485 g/mol. The van der Waals surface area contributed by atoms with E-state index >= 15 is 0 Å².